The van der Waals surface area contributed by atoms with Gasteiger partial charge in [-0.05, 0) is 30.4 Å². The van der Waals surface area contributed by atoms with Crippen LogP contribution in [0.3, 0.4) is 0 Å². The Balaban J connectivity index is 1.60. The Hall–Kier alpha value is -2.32. The summed E-state index contributed by atoms with van der Waals surface area (Å²) in [5.74, 6) is 0.954. The number of benzene rings is 1. The second-order valence-electron chi connectivity index (χ2n) is 7.07. The number of carbonyl (C=O) groups excluding carboxylic acids is 1. The lowest BCUT2D eigenvalue weighted by Crippen LogP contribution is -2.34. The molecule has 0 atom stereocenters. The summed E-state index contributed by atoms with van der Waals surface area (Å²) in [7, 11) is 1.62. The van der Waals surface area contributed by atoms with E-state index in [-0.39, 0.29) is 23.3 Å². The van der Waals surface area contributed by atoms with Crippen molar-refractivity contribution < 1.29 is 9.53 Å². The average Bonchev–Trinajstić information content (AvgIpc) is 3.41. The molecule has 0 unspecified atom stereocenters. The highest BCUT2D eigenvalue weighted by atomic mass is 32.2. The van der Waals surface area contributed by atoms with Crippen molar-refractivity contribution in [3.05, 3.63) is 51.6 Å². The van der Waals surface area contributed by atoms with Crippen LogP contribution >= 0.6 is 23.1 Å². The van der Waals surface area contributed by atoms with Gasteiger partial charge in [0, 0.05) is 11.6 Å². The van der Waals surface area contributed by atoms with Gasteiger partial charge >= 0.3 is 0 Å². The minimum absolute atomic E-state index is 0.00888. The molecule has 2 aromatic heterocycles. The number of carbonyl (C=O) groups is 1. The van der Waals surface area contributed by atoms with Gasteiger partial charge in [-0.15, -0.1) is 11.3 Å². The number of para-hydroxylation sites is 1. The molecule has 2 heterocycles. The third-order valence-electron chi connectivity index (χ3n) is 5.10. The molecule has 1 saturated carbocycles. The van der Waals surface area contributed by atoms with Crippen molar-refractivity contribution in [2.45, 2.75) is 43.4 Å². The van der Waals surface area contributed by atoms with Gasteiger partial charge in [0.25, 0.3) is 5.56 Å². The van der Waals surface area contributed by atoms with E-state index in [9.17, 15) is 9.59 Å². The molecule has 0 saturated heterocycles. The number of ether oxygens (including phenoxy) is 1. The van der Waals surface area contributed by atoms with Crippen LogP contribution in [-0.2, 0) is 11.3 Å². The fraction of sp³-hybridized carbons (Fsp3) is 0.381. The third-order valence-corrected chi connectivity index (χ3v) is 6.97. The van der Waals surface area contributed by atoms with Crippen LogP contribution in [0.15, 0.2) is 45.7 Å². The van der Waals surface area contributed by atoms with Crippen molar-refractivity contribution in [3.8, 4) is 5.75 Å². The maximum atomic E-state index is 13.1. The Kier molecular flexibility index (Phi) is 6.20. The molecule has 1 amide bonds. The minimum Gasteiger partial charge on any atom is -0.496 e. The van der Waals surface area contributed by atoms with Crippen molar-refractivity contribution in [2.24, 2.45) is 0 Å². The molecule has 6 nitrogen and oxygen atoms in total. The van der Waals surface area contributed by atoms with E-state index in [2.05, 4.69) is 10.3 Å². The molecule has 1 aromatic carbocycles. The molecule has 0 aliphatic heterocycles. The van der Waals surface area contributed by atoms with Crippen LogP contribution in [0.25, 0.3) is 10.2 Å². The highest BCUT2D eigenvalue weighted by molar-refractivity contribution is 7.99. The van der Waals surface area contributed by atoms with E-state index in [0.29, 0.717) is 21.9 Å². The number of nitrogens with one attached hydrogen (secondary N) is 1. The summed E-state index contributed by atoms with van der Waals surface area (Å²) in [5.41, 5.74) is 1.48. The van der Waals surface area contributed by atoms with Gasteiger partial charge in [-0.25, -0.2) is 4.98 Å². The summed E-state index contributed by atoms with van der Waals surface area (Å²) in [6.07, 6.45) is 4.45. The van der Waals surface area contributed by atoms with Crippen LogP contribution in [0, 0.1) is 0 Å². The number of aromatic nitrogens is 2. The first kappa shape index (κ1) is 20.0. The van der Waals surface area contributed by atoms with Crippen molar-refractivity contribution in [2.75, 3.05) is 12.9 Å². The van der Waals surface area contributed by atoms with Crippen LogP contribution in [0.5, 0.6) is 5.75 Å². The van der Waals surface area contributed by atoms with Crippen LogP contribution in [0.2, 0.25) is 0 Å². The minimum atomic E-state index is -0.0883. The monoisotopic (exact) mass is 429 g/mol. The zero-order valence-corrected chi connectivity index (χ0v) is 17.9. The van der Waals surface area contributed by atoms with Gasteiger partial charge in [0.2, 0.25) is 5.91 Å². The first-order valence-electron chi connectivity index (χ1n) is 9.68. The molecule has 4 rings (SSSR count). The Morgan fingerprint density at radius 2 is 2.10 bits per heavy atom. The molecular weight excluding hydrogens is 406 g/mol. The number of hydrogen-bond acceptors (Lipinski definition) is 6. The molecule has 29 heavy (non-hydrogen) atoms. The summed E-state index contributed by atoms with van der Waals surface area (Å²) in [4.78, 5) is 30.2. The molecular formula is C21H23N3O3S2. The van der Waals surface area contributed by atoms with E-state index in [1.165, 1.54) is 35.9 Å². The highest BCUT2D eigenvalue weighted by Crippen LogP contribution is 2.24. The van der Waals surface area contributed by atoms with Crippen LogP contribution < -0.4 is 15.6 Å². The van der Waals surface area contributed by atoms with Gasteiger partial charge in [0.1, 0.15) is 10.4 Å². The van der Waals surface area contributed by atoms with Gasteiger partial charge in [-0.2, -0.15) is 0 Å². The van der Waals surface area contributed by atoms with E-state index in [4.69, 9.17) is 4.74 Å². The molecule has 0 radical (unpaired) electrons. The Morgan fingerprint density at radius 1 is 1.31 bits per heavy atom. The van der Waals surface area contributed by atoms with E-state index in [0.717, 1.165) is 24.2 Å². The summed E-state index contributed by atoms with van der Waals surface area (Å²) in [6, 6.07) is 9.75. The summed E-state index contributed by atoms with van der Waals surface area (Å²) in [5, 5.41) is 5.51. The lowest BCUT2D eigenvalue weighted by Gasteiger charge is -2.15. The first-order chi connectivity index (χ1) is 14.2. The fourth-order valence-corrected chi connectivity index (χ4v) is 5.23. The van der Waals surface area contributed by atoms with Crippen LogP contribution in [0.4, 0.5) is 0 Å². The first-order valence-corrected chi connectivity index (χ1v) is 11.5. The Bertz CT molecular complexity index is 1070. The summed E-state index contributed by atoms with van der Waals surface area (Å²) in [6.45, 7) is 0.344. The van der Waals surface area contributed by atoms with E-state index in [1.807, 2.05) is 35.7 Å². The standard InChI is InChI=1S/C21H23N3O3S2/c1-27-17-9-5-2-6-14(17)12-24-20(26)19-16(10-11-28-19)23-21(24)29-13-18(25)22-15-7-3-4-8-15/h2,5-6,9-11,15H,3-4,7-8,12-13H2,1H3,(H,22,25). The fourth-order valence-electron chi connectivity index (χ4n) is 3.65. The lowest BCUT2D eigenvalue weighted by molar-refractivity contribution is -0.119. The number of hydrogen-bond donors (Lipinski definition) is 1. The number of fused-ring (bicyclic) bond motifs is 1. The molecule has 1 aliphatic carbocycles. The molecule has 1 aliphatic rings. The number of methoxy groups -OCH3 is 1. The molecule has 1 N–H and O–H groups in total. The predicted molar refractivity (Wildman–Crippen MR) is 117 cm³/mol. The summed E-state index contributed by atoms with van der Waals surface area (Å²) < 4.78 is 7.71. The smallest absolute Gasteiger partial charge is 0.272 e. The van der Waals surface area contributed by atoms with Crippen molar-refractivity contribution >= 4 is 39.2 Å². The quantitative estimate of drug-likeness (QED) is 0.458. The van der Waals surface area contributed by atoms with Gasteiger partial charge < -0.3 is 10.1 Å². The number of rotatable bonds is 7. The summed E-state index contributed by atoms with van der Waals surface area (Å²) >= 11 is 2.69. The molecule has 3 aromatic rings. The number of amides is 1. The zero-order valence-electron chi connectivity index (χ0n) is 16.2. The topological polar surface area (TPSA) is 73.2 Å². The van der Waals surface area contributed by atoms with Crippen LogP contribution in [-0.4, -0.2) is 34.4 Å². The highest BCUT2D eigenvalue weighted by Gasteiger charge is 2.19. The predicted octanol–water partition coefficient (Wildman–Crippen LogP) is 3.67. The molecule has 0 bridgehead atoms. The average molecular weight is 430 g/mol. The third kappa shape index (κ3) is 4.48. The SMILES string of the molecule is COc1ccccc1Cn1c(SCC(=O)NC2CCCC2)nc2ccsc2c1=O. The molecule has 8 heteroatoms. The van der Waals surface area contributed by atoms with E-state index >= 15 is 0 Å². The van der Waals surface area contributed by atoms with Gasteiger partial charge in [-0.1, -0.05) is 42.8 Å². The van der Waals surface area contributed by atoms with E-state index < -0.39 is 0 Å². The van der Waals surface area contributed by atoms with Crippen LogP contribution in [0.1, 0.15) is 31.2 Å². The van der Waals surface area contributed by atoms with Crippen molar-refractivity contribution in [1.29, 1.82) is 0 Å². The van der Waals surface area contributed by atoms with Gasteiger partial charge in [0.05, 0.1) is 24.9 Å². The van der Waals surface area contributed by atoms with Crippen molar-refractivity contribution in [1.82, 2.24) is 14.9 Å². The normalized spacial score (nSPS) is 14.4. The molecule has 152 valence electrons. The van der Waals surface area contributed by atoms with Gasteiger partial charge in [0.15, 0.2) is 5.16 Å². The number of thioether (sulfide) groups is 1. The Morgan fingerprint density at radius 3 is 2.90 bits per heavy atom. The Labute approximate surface area is 177 Å². The largest absolute Gasteiger partial charge is 0.496 e. The second kappa shape index (κ2) is 9.00. The second-order valence-corrected chi connectivity index (χ2v) is 8.93. The zero-order chi connectivity index (χ0) is 20.2. The number of nitrogens with zero attached hydrogens (tertiary/aromatic N) is 2. The molecule has 0 spiro atoms. The maximum Gasteiger partial charge on any atom is 0.272 e. The van der Waals surface area contributed by atoms with E-state index in [1.54, 1.807) is 11.7 Å². The van der Waals surface area contributed by atoms with Gasteiger partial charge in [-0.3, -0.25) is 14.2 Å². The van der Waals surface area contributed by atoms with Crippen molar-refractivity contribution in [3.63, 3.8) is 0 Å². The maximum absolute atomic E-state index is 13.1. The number of thiophene rings is 1. The molecule has 1 fully saturated rings. The lowest BCUT2D eigenvalue weighted by atomic mass is 10.2.